The molecule has 0 bridgehead atoms. The van der Waals surface area contributed by atoms with Crippen LogP contribution in [-0.4, -0.2) is 19.7 Å². The molecule has 5 heteroatoms. The van der Waals surface area contributed by atoms with Crippen molar-refractivity contribution < 1.29 is 19.0 Å². The number of methoxy groups -OCH3 is 1. The lowest BCUT2D eigenvalue weighted by atomic mass is 10.2. The minimum Gasteiger partial charge on any atom is -0.495 e. The van der Waals surface area contributed by atoms with Gasteiger partial charge >= 0.3 is 0 Å². The van der Waals surface area contributed by atoms with E-state index in [1.165, 1.54) is 7.11 Å². The van der Waals surface area contributed by atoms with Gasteiger partial charge in [0.1, 0.15) is 5.75 Å². The van der Waals surface area contributed by atoms with Gasteiger partial charge in [-0.25, -0.2) is 0 Å². The fraction of sp³-hybridized carbons (Fsp3) is 0.300. The van der Waals surface area contributed by atoms with Gasteiger partial charge in [0.2, 0.25) is 6.29 Å². The highest BCUT2D eigenvalue weighted by Gasteiger charge is 2.27. The molecule has 15 heavy (non-hydrogen) atoms. The number of aldehydes is 1. The monoisotopic (exact) mass is 272 g/mol. The molecule has 80 valence electrons. The van der Waals surface area contributed by atoms with Crippen molar-refractivity contribution in [1.82, 2.24) is 0 Å². The Morgan fingerprint density at radius 3 is 2.87 bits per heavy atom. The van der Waals surface area contributed by atoms with E-state index in [0.717, 1.165) is 0 Å². The van der Waals surface area contributed by atoms with Crippen molar-refractivity contribution in [2.75, 3.05) is 7.11 Å². The van der Waals surface area contributed by atoms with E-state index in [1.54, 1.807) is 13.0 Å². The standard InChI is InChI=1S/C10H9BrO4/c1-5-14-8-3-7(13-2)9(11)6(4-12)10(8)15-5/h3-5H,1-2H3. The quantitative estimate of drug-likeness (QED) is 0.776. The van der Waals surface area contributed by atoms with E-state index in [4.69, 9.17) is 14.2 Å². The first-order chi connectivity index (χ1) is 7.17. The van der Waals surface area contributed by atoms with Crippen LogP contribution in [0.25, 0.3) is 0 Å². The fourth-order valence-corrected chi connectivity index (χ4v) is 1.99. The Morgan fingerprint density at radius 2 is 2.27 bits per heavy atom. The molecule has 0 N–H and O–H groups in total. The summed E-state index contributed by atoms with van der Waals surface area (Å²) in [6, 6.07) is 1.69. The number of hydrogen-bond donors (Lipinski definition) is 0. The van der Waals surface area contributed by atoms with Crippen molar-refractivity contribution >= 4 is 22.2 Å². The van der Waals surface area contributed by atoms with E-state index in [1.807, 2.05) is 0 Å². The molecule has 1 heterocycles. The number of hydrogen-bond acceptors (Lipinski definition) is 4. The van der Waals surface area contributed by atoms with Gasteiger partial charge in [-0.3, -0.25) is 4.79 Å². The third-order valence-electron chi connectivity index (χ3n) is 2.10. The van der Waals surface area contributed by atoms with Crippen molar-refractivity contribution in [3.63, 3.8) is 0 Å². The summed E-state index contributed by atoms with van der Waals surface area (Å²) in [5.74, 6) is 1.54. The molecule has 1 aliphatic rings. The van der Waals surface area contributed by atoms with Crippen molar-refractivity contribution in [2.24, 2.45) is 0 Å². The summed E-state index contributed by atoms with van der Waals surface area (Å²) in [4.78, 5) is 10.9. The Kier molecular flexibility index (Phi) is 2.56. The van der Waals surface area contributed by atoms with Crippen LogP contribution >= 0.6 is 15.9 Å². The zero-order valence-electron chi connectivity index (χ0n) is 8.24. The first-order valence-corrected chi connectivity index (χ1v) is 5.15. The smallest absolute Gasteiger partial charge is 0.238 e. The predicted molar refractivity (Wildman–Crippen MR) is 56.8 cm³/mol. The molecule has 0 radical (unpaired) electrons. The van der Waals surface area contributed by atoms with E-state index in [0.29, 0.717) is 33.6 Å². The van der Waals surface area contributed by atoms with E-state index in [-0.39, 0.29) is 6.29 Å². The van der Waals surface area contributed by atoms with Gasteiger partial charge in [-0.1, -0.05) is 0 Å². The molecule has 1 aromatic rings. The zero-order valence-corrected chi connectivity index (χ0v) is 9.83. The van der Waals surface area contributed by atoms with Gasteiger partial charge in [0.05, 0.1) is 17.1 Å². The molecule has 1 unspecified atom stereocenters. The molecule has 0 spiro atoms. The van der Waals surface area contributed by atoms with Crippen molar-refractivity contribution in [1.29, 1.82) is 0 Å². The number of carbonyl (C=O) groups is 1. The number of ether oxygens (including phenoxy) is 3. The van der Waals surface area contributed by atoms with Crippen LogP contribution in [0.15, 0.2) is 10.5 Å². The Balaban J connectivity index is 2.62. The number of fused-ring (bicyclic) bond motifs is 1. The normalized spacial score (nSPS) is 17.7. The third kappa shape index (κ3) is 1.56. The molecule has 1 atom stereocenters. The molecular formula is C10H9BrO4. The van der Waals surface area contributed by atoms with Gasteiger partial charge in [-0.2, -0.15) is 0 Å². The molecular weight excluding hydrogens is 264 g/mol. The summed E-state index contributed by atoms with van der Waals surface area (Å²) in [7, 11) is 1.53. The largest absolute Gasteiger partial charge is 0.495 e. The molecule has 0 saturated heterocycles. The molecule has 0 fully saturated rings. The van der Waals surface area contributed by atoms with Crippen molar-refractivity contribution in [3.05, 3.63) is 16.1 Å². The average Bonchev–Trinajstić information content (AvgIpc) is 2.57. The van der Waals surface area contributed by atoms with Gasteiger partial charge < -0.3 is 14.2 Å². The van der Waals surface area contributed by atoms with Crippen LogP contribution in [0.2, 0.25) is 0 Å². The van der Waals surface area contributed by atoms with E-state index < -0.39 is 0 Å². The fourth-order valence-electron chi connectivity index (χ4n) is 1.44. The molecule has 0 amide bonds. The van der Waals surface area contributed by atoms with E-state index >= 15 is 0 Å². The average molecular weight is 273 g/mol. The van der Waals surface area contributed by atoms with Crippen LogP contribution in [0.1, 0.15) is 17.3 Å². The van der Waals surface area contributed by atoms with E-state index in [9.17, 15) is 4.79 Å². The molecule has 2 rings (SSSR count). The number of benzene rings is 1. The minimum atomic E-state index is -0.377. The van der Waals surface area contributed by atoms with Crippen LogP contribution in [0.4, 0.5) is 0 Å². The number of halogens is 1. The molecule has 1 aliphatic heterocycles. The lowest BCUT2D eigenvalue weighted by molar-refractivity contribution is 0.0673. The van der Waals surface area contributed by atoms with Crippen LogP contribution in [-0.2, 0) is 0 Å². The second-order valence-electron chi connectivity index (χ2n) is 3.05. The van der Waals surface area contributed by atoms with Crippen molar-refractivity contribution in [3.8, 4) is 17.2 Å². The molecule has 0 saturated carbocycles. The molecule has 1 aromatic carbocycles. The maximum Gasteiger partial charge on any atom is 0.238 e. The van der Waals surface area contributed by atoms with Crippen LogP contribution in [0.5, 0.6) is 17.2 Å². The summed E-state index contributed by atoms with van der Waals surface area (Å²) < 4.78 is 16.4. The Morgan fingerprint density at radius 1 is 1.53 bits per heavy atom. The Bertz CT molecular complexity index is 416. The van der Waals surface area contributed by atoms with Crippen LogP contribution in [0, 0.1) is 0 Å². The highest BCUT2D eigenvalue weighted by molar-refractivity contribution is 9.10. The lowest BCUT2D eigenvalue weighted by Crippen LogP contribution is -2.11. The summed E-state index contributed by atoms with van der Waals surface area (Å²) in [6.45, 7) is 1.76. The number of rotatable bonds is 2. The summed E-state index contributed by atoms with van der Waals surface area (Å²) in [6.07, 6.45) is 0.338. The first-order valence-electron chi connectivity index (χ1n) is 4.36. The Hall–Kier alpha value is -1.23. The molecule has 4 nitrogen and oxygen atoms in total. The maximum absolute atomic E-state index is 10.9. The molecule has 0 aromatic heterocycles. The van der Waals surface area contributed by atoms with Gasteiger partial charge in [-0.15, -0.1) is 0 Å². The van der Waals surface area contributed by atoms with Gasteiger partial charge in [-0.05, 0) is 15.9 Å². The highest BCUT2D eigenvalue weighted by atomic mass is 79.9. The summed E-state index contributed by atoms with van der Waals surface area (Å²) >= 11 is 3.28. The second kappa shape index (κ2) is 3.73. The van der Waals surface area contributed by atoms with Gasteiger partial charge in [0, 0.05) is 13.0 Å². The van der Waals surface area contributed by atoms with Crippen LogP contribution < -0.4 is 14.2 Å². The summed E-state index contributed by atoms with van der Waals surface area (Å²) in [5, 5.41) is 0. The Labute approximate surface area is 95.3 Å². The van der Waals surface area contributed by atoms with Crippen LogP contribution in [0.3, 0.4) is 0 Å². The maximum atomic E-state index is 10.9. The lowest BCUT2D eigenvalue weighted by Gasteiger charge is -2.07. The van der Waals surface area contributed by atoms with Gasteiger partial charge in [0.25, 0.3) is 0 Å². The second-order valence-corrected chi connectivity index (χ2v) is 3.85. The SMILES string of the molecule is COc1cc2c(c(C=O)c1Br)OC(C)O2. The topological polar surface area (TPSA) is 44.8 Å². The zero-order chi connectivity index (χ0) is 11.0. The summed E-state index contributed by atoms with van der Waals surface area (Å²) in [5.41, 5.74) is 0.411. The first kappa shape index (κ1) is 10.3. The predicted octanol–water partition coefficient (Wildman–Crippen LogP) is 2.39. The van der Waals surface area contributed by atoms with Crippen molar-refractivity contribution in [2.45, 2.75) is 13.2 Å². The van der Waals surface area contributed by atoms with E-state index in [2.05, 4.69) is 15.9 Å². The molecule has 0 aliphatic carbocycles. The highest BCUT2D eigenvalue weighted by Crippen LogP contribution is 2.45. The minimum absolute atomic E-state index is 0.377. The van der Waals surface area contributed by atoms with Gasteiger partial charge in [0.15, 0.2) is 17.8 Å². The third-order valence-corrected chi connectivity index (χ3v) is 2.92. The number of carbonyl (C=O) groups excluding carboxylic acids is 1.